The number of benzene rings is 1. The van der Waals surface area contributed by atoms with E-state index in [-0.39, 0.29) is 6.04 Å². The lowest BCUT2D eigenvalue weighted by atomic mass is 10.2. The zero-order valence-electron chi connectivity index (χ0n) is 16.2. The molecule has 1 heterocycles. The largest absolute Gasteiger partial charge is 0.478 e. The number of carbonyl (C=O) groups excluding carboxylic acids is 1. The molecule has 9 nitrogen and oxygen atoms in total. The number of alkyl halides is 2. The Kier molecular flexibility index (Phi) is 10.2. The highest BCUT2D eigenvalue weighted by Crippen LogP contribution is 2.23. The van der Waals surface area contributed by atoms with Gasteiger partial charge in [-0.25, -0.2) is 23.2 Å². The molecular weight excluding hydrogens is 432 g/mol. The van der Waals surface area contributed by atoms with Gasteiger partial charge in [0.15, 0.2) is 0 Å². The number of carbonyl (C=O) groups is 3. The number of ether oxygens (including phenoxy) is 2. The molecule has 1 amide bonds. The molecule has 31 heavy (non-hydrogen) atoms. The average molecular weight is 452 g/mol. The van der Waals surface area contributed by atoms with Gasteiger partial charge in [0.05, 0.1) is 5.56 Å². The van der Waals surface area contributed by atoms with E-state index in [0.29, 0.717) is 43.9 Å². The number of halogens is 4. The molecule has 2 rings (SSSR count). The molecule has 0 bridgehead atoms. The molecule has 172 valence electrons. The normalized spacial score (nSPS) is 15.9. The third-order valence-electron chi connectivity index (χ3n) is 3.78. The van der Waals surface area contributed by atoms with Crippen molar-refractivity contribution >= 4 is 18.0 Å². The molecule has 1 aliphatic heterocycles. The van der Waals surface area contributed by atoms with Crippen LogP contribution in [-0.2, 0) is 20.9 Å². The highest BCUT2D eigenvalue weighted by Gasteiger charge is 2.25. The van der Waals surface area contributed by atoms with E-state index in [1.165, 1.54) is 4.90 Å². The van der Waals surface area contributed by atoms with Gasteiger partial charge in [-0.1, -0.05) is 0 Å². The quantitative estimate of drug-likeness (QED) is 0.443. The monoisotopic (exact) mass is 452 g/mol. The predicted molar refractivity (Wildman–Crippen MR) is 96.6 cm³/mol. The first kappa shape index (κ1) is 25.7. The average Bonchev–Trinajstić information content (AvgIpc) is 2.66. The molecule has 13 heteroatoms. The Morgan fingerprint density at radius 2 is 1.74 bits per heavy atom. The highest BCUT2D eigenvalue weighted by atomic mass is 19.3. The summed E-state index contributed by atoms with van der Waals surface area (Å²) in [6, 6.07) is 1.13. The summed E-state index contributed by atoms with van der Waals surface area (Å²) >= 11 is 0. The lowest BCUT2D eigenvalue weighted by molar-refractivity contribution is -0.134. The molecule has 0 radical (unpaired) electrons. The molecule has 1 aromatic carbocycles. The van der Waals surface area contributed by atoms with E-state index >= 15 is 0 Å². The van der Waals surface area contributed by atoms with Crippen molar-refractivity contribution in [2.24, 2.45) is 0 Å². The van der Waals surface area contributed by atoms with Crippen LogP contribution in [0.5, 0.6) is 5.75 Å². The van der Waals surface area contributed by atoms with Crippen molar-refractivity contribution in [3.63, 3.8) is 0 Å². The Balaban J connectivity index is 0.000000512. The molecule has 3 N–H and O–H groups in total. The number of hydrogen-bond acceptors (Lipinski definition) is 6. The van der Waals surface area contributed by atoms with Gasteiger partial charge in [0.2, 0.25) is 0 Å². The van der Waals surface area contributed by atoms with Crippen molar-refractivity contribution in [3.05, 3.63) is 41.5 Å². The van der Waals surface area contributed by atoms with Crippen LogP contribution in [0.1, 0.15) is 12.5 Å². The van der Waals surface area contributed by atoms with Crippen molar-refractivity contribution in [2.45, 2.75) is 26.2 Å². The van der Waals surface area contributed by atoms with Gasteiger partial charge in [-0.3, -0.25) is 0 Å². The maximum absolute atomic E-state index is 13.8. The lowest BCUT2D eigenvalue weighted by Crippen LogP contribution is -2.52. The zero-order valence-corrected chi connectivity index (χ0v) is 16.2. The molecule has 1 aliphatic rings. The van der Waals surface area contributed by atoms with Crippen LogP contribution < -0.4 is 10.1 Å². The summed E-state index contributed by atoms with van der Waals surface area (Å²) < 4.78 is 60.4. The van der Waals surface area contributed by atoms with Crippen molar-refractivity contribution in [2.75, 3.05) is 19.6 Å². The second-order valence-corrected chi connectivity index (χ2v) is 6.05. The van der Waals surface area contributed by atoms with Gasteiger partial charge >= 0.3 is 24.6 Å². The lowest BCUT2D eigenvalue weighted by Gasteiger charge is -2.33. The highest BCUT2D eigenvalue weighted by molar-refractivity contribution is 5.89. The maximum atomic E-state index is 13.8. The fourth-order valence-corrected chi connectivity index (χ4v) is 2.36. The van der Waals surface area contributed by atoms with Crippen LogP contribution in [0.15, 0.2) is 24.3 Å². The number of rotatable bonds is 6. The fraction of sp³-hybridized carbons (Fsp3) is 0.389. The van der Waals surface area contributed by atoms with Gasteiger partial charge in [-0.2, -0.15) is 8.78 Å². The second kappa shape index (κ2) is 12.4. The van der Waals surface area contributed by atoms with E-state index in [2.05, 4.69) is 10.1 Å². The fourth-order valence-electron chi connectivity index (χ4n) is 2.36. The van der Waals surface area contributed by atoms with Crippen molar-refractivity contribution < 1.29 is 51.6 Å². The topological polar surface area (TPSA) is 125 Å². The third kappa shape index (κ3) is 9.33. The number of aliphatic carboxylic acids is 2. The van der Waals surface area contributed by atoms with E-state index in [1.807, 2.05) is 6.92 Å². The Bertz CT molecular complexity index is 781. The predicted octanol–water partition coefficient (Wildman–Crippen LogP) is 2.21. The number of nitrogens with one attached hydrogen (secondary N) is 1. The molecule has 1 atom stereocenters. The Morgan fingerprint density at radius 1 is 1.19 bits per heavy atom. The molecule has 0 unspecified atom stereocenters. The van der Waals surface area contributed by atoms with Crippen LogP contribution in [0.3, 0.4) is 0 Å². The van der Waals surface area contributed by atoms with E-state index in [1.54, 1.807) is 0 Å². The Morgan fingerprint density at radius 3 is 2.19 bits per heavy atom. The van der Waals surface area contributed by atoms with E-state index in [4.69, 9.17) is 14.9 Å². The van der Waals surface area contributed by atoms with Gasteiger partial charge in [0.25, 0.3) is 0 Å². The zero-order chi connectivity index (χ0) is 23.6. The minimum atomic E-state index is -3.19. The van der Waals surface area contributed by atoms with Crippen LogP contribution in [0.2, 0.25) is 0 Å². The van der Waals surface area contributed by atoms with Crippen molar-refractivity contribution in [3.8, 4) is 5.75 Å². The van der Waals surface area contributed by atoms with E-state index in [0.717, 1.165) is 0 Å². The summed E-state index contributed by atoms with van der Waals surface area (Å²) in [5.41, 5.74) is -0.525. The summed E-state index contributed by atoms with van der Waals surface area (Å²) in [5, 5.41) is 18.7. The number of carboxylic acids is 2. The smallest absolute Gasteiger partial charge is 0.410 e. The van der Waals surface area contributed by atoms with E-state index < -0.39 is 54.2 Å². The molecule has 0 spiro atoms. The molecule has 0 aliphatic carbocycles. The van der Waals surface area contributed by atoms with Gasteiger partial charge in [-0.05, 0) is 6.92 Å². The number of hydrogen-bond donors (Lipinski definition) is 3. The summed E-state index contributed by atoms with van der Waals surface area (Å²) in [4.78, 5) is 32.5. The summed E-state index contributed by atoms with van der Waals surface area (Å²) in [7, 11) is 0. The molecule has 1 aromatic rings. The minimum absolute atomic E-state index is 0.104. The number of piperazine rings is 1. The first-order valence-electron chi connectivity index (χ1n) is 8.72. The maximum Gasteiger partial charge on any atom is 0.410 e. The number of amides is 1. The molecule has 0 aromatic heterocycles. The third-order valence-corrected chi connectivity index (χ3v) is 3.78. The second-order valence-electron chi connectivity index (χ2n) is 6.05. The molecular formula is C18H20F4N2O7. The Labute approximate surface area is 173 Å². The Hall–Kier alpha value is -3.35. The standard InChI is InChI=1S/C14H16F4N2O3.C4H4O4/c1-8-6-19-2-3-20(8)14(21)22-7-10-11(15)4-9(5-12(10)16)23-13(17)18;5-3(6)1-2-4(7)8/h4-5,8,13,19H,2-3,6-7H2,1H3;1-2H,(H,5,6)(H,7,8)/t8-;/m1./s1. The van der Waals surface area contributed by atoms with Crippen LogP contribution in [-0.4, -0.2) is 65.4 Å². The number of carboxylic acid groups (broad SMARTS) is 2. The molecule has 1 saturated heterocycles. The molecule has 0 saturated carbocycles. The summed E-state index contributed by atoms with van der Waals surface area (Å²) in [6.07, 6.45) is 0.427. The van der Waals surface area contributed by atoms with Crippen molar-refractivity contribution in [1.82, 2.24) is 10.2 Å². The van der Waals surface area contributed by atoms with E-state index in [9.17, 15) is 31.9 Å². The first-order chi connectivity index (χ1) is 14.5. The van der Waals surface area contributed by atoms with Gasteiger partial charge in [0, 0.05) is 50.0 Å². The summed E-state index contributed by atoms with van der Waals surface area (Å²) in [5.74, 6) is -5.40. The van der Waals surface area contributed by atoms with Gasteiger partial charge < -0.3 is 29.9 Å². The summed E-state index contributed by atoms with van der Waals surface area (Å²) in [6.45, 7) is -0.398. The van der Waals surface area contributed by atoms with Crippen LogP contribution in [0.25, 0.3) is 0 Å². The SMILES string of the molecule is C[C@@H]1CNCCN1C(=O)OCc1c(F)cc(OC(F)F)cc1F.O=C(O)C=CC(=O)O. The van der Waals surface area contributed by atoms with Gasteiger partial charge in [0.1, 0.15) is 24.0 Å². The van der Waals surface area contributed by atoms with Crippen molar-refractivity contribution in [1.29, 1.82) is 0 Å². The number of nitrogens with zero attached hydrogens (tertiary/aromatic N) is 1. The first-order valence-corrected chi connectivity index (χ1v) is 8.72. The minimum Gasteiger partial charge on any atom is -0.478 e. The van der Waals surface area contributed by atoms with Crippen LogP contribution in [0, 0.1) is 11.6 Å². The molecule has 1 fully saturated rings. The van der Waals surface area contributed by atoms with Gasteiger partial charge in [-0.15, -0.1) is 0 Å². The van der Waals surface area contributed by atoms with Crippen LogP contribution in [0.4, 0.5) is 22.4 Å². The van der Waals surface area contributed by atoms with Crippen LogP contribution >= 0.6 is 0 Å².